The summed E-state index contributed by atoms with van der Waals surface area (Å²) < 4.78 is 5.31. The Hall–Kier alpha value is -0.730. The molecule has 3 heteroatoms. The minimum Gasteiger partial charge on any atom is -0.495 e. The molecule has 0 bridgehead atoms. The number of halogens is 1. The molecule has 1 aromatic carbocycles. The van der Waals surface area contributed by atoms with Gasteiger partial charge in [-0.1, -0.05) is 11.6 Å². The van der Waals surface area contributed by atoms with E-state index in [1.807, 2.05) is 20.8 Å². The highest BCUT2D eigenvalue weighted by Crippen LogP contribution is 2.51. The van der Waals surface area contributed by atoms with Gasteiger partial charge in [-0.05, 0) is 55.9 Å². The number of hydrogen-bond donors (Lipinski definition) is 1. The first-order valence-electron chi connectivity index (χ1n) is 5.48. The van der Waals surface area contributed by atoms with E-state index < -0.39 is 5.60 Å². The summed E-state index contributed by atoms with van der Waals surface area (Å²) in [6.45, 7) is 5.95. The van der Waals surface area contributed by atoms with Gasteiger partial charge in [-0.25, -0.2) is 0 Å². The van der Waals surface area contributed by atoms with E-state index in [4.69, 9.17) is 16.3 Å². The van der Waals surface area contributed by atoms with Gasteiger partial charge in [0.25, 0.3) is 0 Å². The first-order valence-corrected chi connectivity index (χ1v) is 5.86. The molecule has 0 spiro atoms. The molecule has 1 aliphatic carbocycles. The first-order chi connectivity index (χ1) is 7.42. The van der Waals surface area contributed by atoms with Crippen LogP contribution < -0.4 is 4.74 Å². The van der Waals surface area contributed by atoms with E-state index in [9.17, 15) is 5.11 Å². The highest BCUT2D eigenvalue weighted by Gasteiger charge is 2.45. The summed E-state index contributed by atoms with van der Waals surface area (Å²) in [6, 6.07) is 0. The maximum Gasteiger partial charge on any atom is 0.140 e. The molecule has 0 heterocycles. The second-order valence-electron chi connectivity index (χ2n) is 4.63. The Bertz CT molecular complexity index is 419. The molecule has 16 heavy (non-hydrogen) atoms. The average Bonchev–Trinajstić information content (AvgIpc) is 2.95. The number of hydrogen-bond acceptors (Lipinski definition) is 2. The number of ether oxygens (including phenoxy) is 1. The van der Waals surface area contributed by atoms with Crippen molar-refractivity contribution in [3.8, 4) is 5.75 Å². The molecule has 0 amide bonds. The molecule has 1 aliphatic rings. The molecule has 1 fully saturated rings. The van der Waals surface area contributed by atoms with Crippen molar-refractivity contribution in [1.82, 2.24) is 0 Å². The third-order valence-electron chi connectivity index (χ3n) is 3.57. The molecule has 0 saturated heterocycles. The normalized spacial score (nSPS) is 17.4. The van der Waals surface area contributed by atoms with Crippen LogP contribution in [0, 0.1) is 20.8 Å². The van der Waals surface area contributed by atoms with Gasteiger partial charge in [-0.2, -0.15) is 0 Å². The molecule has 0 aromatic heterocycles. The molecule has 0 unspecified atom stereocenters. The van der Waals surface area contributed by atoms with Gasteiger partial charge in [-0.15, -0.1) is 0 Å². The number of aliphatic hydroxyl groups is 1. The molecule has 1 saturated carbocycles. The summed E-state index contributed by atoms with van der Waals surface area (Å²) in [5.74, 6) is 0.727. The van der Waals surface area contributed by atoms with Crippen molar-refractivity contribution in [1.29, 1.82) is 0 Å². The maximum atomic E-state index is 10.3. The molecule has 0 aliphatic heterocycles. The van der Waals surface area contributed by atoms with Crippen LogP contribution in [-0.2, 0) is 5.60 Å². The van der Waals surface area contributed by atoms with Gasteiger partial charge in [0.05, 0.1) is 17.7 Å². The molecule has 1 N–H and O–H groups in total. The third-order valence-corrected chi connectivity index (χ3v) is 4.03. The molecular formula is C13H17ClO2. The monoisotopic (exact) mass is 240 g/mol. The lowest BCUT2D eigenvalue weighted by molar-refractivity contribution is 0.150. The van der Waals surface area contributed by atoms with E-state index in [2.05, 4.69) is 0 Å². The molecule has 0 radical (unpaired) electrons. The Labute approximate surface area is 101 Å². The fourth-order valence-electron chi connectivity index (χ4n) is 2.39. The highest BCUT2D eigenvalue weighted by molar-refractivity contribution is 6.33. The minimum atomic E-state index is -0.644. The predicted octanol–water partition coefficient (Wildman–Crippen LogP) is 3.26. The smallest absolute Gasteiger partial charge is 0.140 e. The van der Waals surface area contributed by atoms with Crippen molar-refractivity contribution in [2.75, 3.05) is 7.11 Å². The topological polar surface area (TPSA) is 29.5 Å². The van der Waals surface area contributed by atoms with Crippen molar-refractivity contribution in [3.05, 3.63) is 27.3 Å². The Kier molecular flexibility index (Phi) is 2.67. The summed E-state index contributed by atoms with van der Waals surface area (Å²) in [6.07, 6.45) is 1.66. The van der Waals surface area contributed by atoms with E-state index in [0.717, 1.165) is 40.8 Å². The van der Waals surface area contributed by atoms with E-state index in [0.29, 0.717) is 5.02 Å². The highest BCUT2D eigenvalue weighted by atomic mass is 35.5. The van der Waals surface area contributed by atoms with E-state index >= 15 is 0 Å². The Morgan fingerprint density at radius 1 is 1.12 bits per heavy atom. The van der Waals surface area contributed by atoms with Gasteiger partial charge in [0, 0.05) is 0 Å². The molecule has 0 atom stereocenters. The lowest BCUT2D eigenvalue weighted by atomic mass is 9.92. The molecular weight excluding hydrogens is 224 g/mol. The zero-order chi connectivity index (χ0) is 12.1. The number of benzene rings is 1. The summed E-state index contributed by atoms with van der Waals surface area (Å²) in [5, 5.41) is 10.9. The minimum absolute atomic E-state index is 0.626. The van der Waals surface area contributed by atoms with Crippen LogP contribution >= 0.6 is 11.6 Å². The van der Waals surface area contributed by atoms with Crippen molar-refractivity contribution in [3.63, 3.8) is 0 Å². The fraction of sp³-hybridized carbons (Fsp3) is 0.538. The van der Waals surface area contributed by atoms with Crippen LogP contribution in [0.15, 0.2) is 0 Å². The SMILES string of the molecule is COc1c(C)c(C)c(C2(O)CC2)c(C)c1Cl. The van der Waals surface area contributed by atoms with Crippen LogP contribution in [0.5, 0.6) is 5.75 Å². The second kappa shape index (κ2) is 3.64. The Balaban J connectivity index is 2.72. The van der Waals surface area contributed by atoms with Crippen molar-refractivity contribution in [2.45, 2.75) is 39.2 Å². The molecule has 1 aromatic rings. The van der Waals surface area contributed by atoms with Crippen molar-refractivity contribution >= 4 is 11.6 Å². The van der Waals surface area contributed by atoms with Gasteiger partial charge in [0.15, 0.2) is 0 Å². The van der Waals surface area contributed by atoms with E-state index in [1.165, 1.54) is 0 Å². The quantitative estimate of drug-likeness (QED) is 0.860. The number of rotatable bonds is 2. The van der Waals surface area contributed by atoms with Crippen LogP contribution in [0.4, 0.5) is 0 Å². The van der Waals surface area contributed by atoms with Gasteiger partial charge < -0.3 is 9.84 Å². The van der Waals surface area contributed by atoms with Gasteiger partial charge in [0.2, 0.25) is 0 Å². The maximum absolute atomic E-state index is 10.3. The molecule has 2 nitrogen and oxygen atoms in total. The standard InChI is InChI=1S/C13H17ClO2/c1-7-8(2)12(16-4)11(14)9(3)10(7)13(15)5-6-13/h15H,5-6H2,1-4H3. The van der Waals surface area contributed by atoms with Crippen LogP contribution in [0.2, 0.25) is 5.02 Å². The van der Waals surface area contributed by atoms with Crippen LogP contribution in [-0.4, -0.2) is 12.2 Å². The molecule has 88 valence electrons. The van der Waals surface area contributed by atoms with E-state index in [-0.39, 0.29) is 0 Å². The summed E-state index contributed by atoms with van der Waals surface area (Å²) in [7, 11) is 1.62. The van der Waals surface area contributed by atoms with Crippen LogP contribution in [0.3, 0.4) is 0 Å². The zero-order valence-electron chi connectivity index (χ0n) is 10.1. The van der Waals surface area contributed by atoms with Crippen LogP contribution in [0.1, 0.15) is 35.1 Å². The zero-order valence-corrected chi connectivity index (χ0v) is 10.9. The lowest BCUT2D eigenvalue weighted by Gasteiger charge is -2.21. The summed E-state index contributed by atoms with van der Waals surface area (Å²) in [4.78, 5) is 0. The van der Waals surface area contributed by atoms with Crippen molar-refractivity contribution < 1.29 is 9.84 Å². The van der Waals surface area contributed by atoms with Crippen LogP contribution in [0.25, 0.3) is 0 Å². The fourth-order valence-corrected chi connectivity index (χ4v) is 2.71. The average molecular weight is 241 g/mol. The number of methoxy groups -OCH3 is 1. The Morgan fingerprint density at radius 3 is 2.12 bits per heavy atom. The second-order valence-corrected chi connectivity index (χ2v) is 5.01. The third kappa shape index (κ3) is 1.52. The van der Waals surface area contributed by atoms with Gasteiger partial charge in [-0.3, -0.25) is 0 Å². The molecule has 2 rings (SSSR count). The largest absolute Gasteiger partial charge is 0.495 e. The predicted molar refractivity (Wildman–Crippen MR) is 65.3 cm³/mol. The summed E-state index contributed by atoms with van der Waals surface area (Å²) in [5.41, 5.74) is 3.42. The lowest BCUT2D eigenvalue weighted by Crippen LogP contribution is -2.12. The first kappa shape index (κ1) is 11.7. The van der Waals surface area contributed by atoms with Gasteiger partial charge in [0.1, 0.15) is 5.75 Å². The van der Waals surface area contributed by atoms with Gasteiger partial charge >= 0.3 is 0 Å². The van der Waals surface area contributed by atoms with Crippen molar-refractivity contribution in [2.24, 2.45) is 0 Å². The van der Waals surface area contributed by atoms with E-state index in [1.54, 1.807) is 7.11 Å². The Morgan fingerprint density at radius 2 is 1.69 bits per heavy atom. The summed E-state index contributed by atoms with van der Waals surface area (Å²) >= 11 is 6.27.